The molecule has 0 unspecified atom stereocenters. The Bertz CT molecular complexity index is 1910. The maximum Gasteiger partial charge on any atom is 0.127 e. The van der Waals surface area contributed by atoms with Gasteiger partial charge in [0.15, 0.2) is 0 Å². The van der Waals surface area contributed by atoms with E-state index in [4.69, 9.17) is 4.74 Å². The average molecular weight is 705 g/mol. The first kappa shape index (κ1) is 42.5. The minimum Gasteiger partial charge on any atom is -0.457 e. The smallest absolute Gasteiger partial charge is 0.127 e. The van der Waals surface area contributed by atoms with Gasteiger partial charge in [0.1, 0.15) is 11.5 Å². The second-order valence-electron chi connectivity index (χ2n) is 15.2. The number of benzene rings is 6. The summed E-state index contributed by atoms with van der Waals surface area (Å²) in [6.45, 7) is 34.3. The summed E-state index contributed by atoms with van der Waals surface area (Å²) in [6, 6.07) is 34.6. The maximum absolute atomic E-state index is 5.85. The molecule has 1 heteroatoms. The molecule has 6 aromatic rings. The standard InChI is InChI=1S/C16H18O.C16H18.2C10H14/c1-11-5-7-15(9-13(11)3)17-16-8-6-12(2)14(4)10-16;1-11-5-7-15(9-13(11)3)16-8-6-12(2)14(4)10-16;2*1-7-5-9(3)10(4)6-8(7)2/h5-10H,1-4H3;5-10H,1-4H3;2*5-6H,1-4H3. The molecule has 0 radical (unpaired) electrons. The van der Waals surface area contributed by atoms with E-state index >= 15 is 0 Å². The molecule has 278 valence electrons. The van der Waals surface area contributed by atoms with Crippen molar-refractivity contribution in [3.8, 4) is 22.6 Å². The van der Waals surface area contributed by atoms with Gasteiger partial charge < -0.3 is 4.74 Å². The second-order valence-corrected chi connectivity index (χ2v) is 15.2. The summed E-state index contributed by atoms with van der Waals surface area (Å²) in [5.74, 6) is 1.80. The van der Waals surface area contributed by atoms with Gasteiger partial charge in [0.25, 0.3) is 0 Å². The van der Waals surface area contributed by atoms with Crippen LogP contribution in [-0.4, -0.2) is 0 Å². The van der Waals surface area contributed by atoms with Gasteiger partial charge in [0.2, 0.25) is 0 Å². The van der Waals surface area contributed by atoms with Crippen LogP contribution in [0.15, 0.2) is 97.1 Å². The van der Waals surface area contributed by atoms with E-state index in [-0.39, 0.29) is 0 Å². The van der Waals surface area contributed by atoms with Crippen LogP contribution in [0.5, 0.6) is 11.5 Å². The van der Waals surface area contributed by atoms with Crippen molar-refractivity contribution < 1.29 is 4.74 Å². The molecule has 0 aliphatic rings. The van der Waals surface area contributed by atoms with Crippen molar-refractivity contribution in [3.05, 3.63) is 186 Å². The Morgan fingerprint density at radius 2 is 0.415 bits per heavy atom. The van der Waals surface area contributed by atoms with Crippen molar-refractivity contribution in [2.75, 3.05) is 0 Å². The van der Waals surface area contributed by atoms with Gasteiger partial charge in [0.05, 0.1) is 0 Å². The molecule has 0 aliphatic heterocycles. The quantitative estimate of drug-likeness (QED) is 0.178. The molecule has 0 atom stereocenters. The van der Waals surface area contributed by atoms with Crippen molar-refractivity contribution in [1.82, 2.24) is 0 Å². The third-order valence-electron chi connectivity index (χ3n) is 10.8. The third kappa shape index (κ3) is 12.6. The van der Waals surface area contributed by atoms with E-state index in [0.717, 1.165) is 11.5 Å². The van der Waals surface area contributed by atoms with E-state index in [1.165, 1.54) is 100 Å². The lowest BCUT2D eigenvalue weighted by atomic mass is 9.98. The summed E-state index contributed by atoms with van der Waals surface area (Å²) in [5.41, 5.74) is 24.3. The molecule has 1 nitrogen and oxygen atoms in total. The molecule has 0 amide bonds. The van der Waals surface area contributed by atoms with Crippen molar-refractivity contribution in [2.45, 2.75) is 111 Å². The Labute approximate surface area is 323 Å². The molecular formula is C52H64O. The Hall–Kier alpha value is -4.88. The molecule has 0 aromatic heterocycles. The summed E-state index contributed by atoms with van der Waals surface area (Å²) in [4.78, 5) is 0. The highest BCUT2D eigenvalue weighted by molar-refractivity contribution is 5.66. The van der Waals surface area contributed by atoms with Gasteiger partial charge in [-0.05, 0) is 235 Å². The summed E-state index contributed by atoms with van der Waals surface area (Å²) in [7, 11) is 0. The first-order valence-electron chi connectivity index (χ1n) is 18.9. The van der Waals surface area contributed by atoms with Gasteiger partial charge in [0, 0.05) is 0 Å². The van der Waals surface area contributed by atoms with Crippen molar-refractivity contribution >= 4 is 0 Å². The molecule has 0 heterocycles. The van der Waals surface area contributed by atoms with Crippen LogP contribution in [0.4, 0.5) is 0 Å². The molecule has 6 aromatic carbocycles. The second kappa shape index (κ2) is 19.3. The van der Waals surface area contributed by atoms with E-state index in [1.807, 2.05) is 12.1 Å². The molecule has 0 bridgehead atoms. The maximum atomic E-state index is 5.85. The highest BCUT2D eigenvalue weighted by Crippen LogP contribution is 2.26. The third-order valence-corrected chi connectivity index (χ3v) is 10.8. The van der Waals surface area contributed by atoms with E-state index in [2.05, 4.69) is 196 Å². The molecule has 0 N–H and O–H groups in total. The van der Waals surface area contributed by atoms with Crippen LogP contribution in [0.25, 0.3) is 11.1 Å². The van der Waals surface area contributed by atoms with Gasteiger partial charge in [-0.15, -0.1) is 0 Å². The van der Waals surface area contributed by atoms with E-state index < -0.39 is 0 Å². The van der Waals surface area contributed by atoms with E-state index in [1.54, 1.807) is 0 Å². The Kier molecular flexibility index (Phi) is 15.5. The number of rotatable bonds is 3. The van der Waals surface area contributed by atoms with Crippen molar-refractivity contribution in [3.63, 3.8) is 0 Å². The zero-order chi connectivity index (χ0) is 39.6. The minimum atomic E-state index is 0.899. The van der Waals surface area contributed by atoms with Crippen LogP contribution >= 0.6 is 0 Å². The summed E-state index contributed by atoms with van der Waals surface area (Å²) < 4.78 is 5.85. The van der Waals surface area contributed by atoms with Crippen LogP contribution in [-0.2, 0) is 0 Å². The number of hydrogen-bond donors (Lipinski definition) is 0. The molecule has 53 heavy (non-hydrogen) atoms. The normalized spacial score (nSPS) is 10.3. The largest absolute Gasteiger partial charge is 0.457 e. The lowest BCUT2D eigenvalue weighted by Gasteiger charge is -2.09. The molecule has 6 rings (SSSR count). The Morgan fingerprint density at radius 3 is 0.642 bits per heavy atom. The minimum absolute atomic E-state index is 0.899. The average Bonchev–Trinajstić information content (AvgIpc) is 3.10. The Morgan fingerprint density at radius 1 is 0.208 bits per heavy atom. The fourth-order valence-corrected chi connectivity index (χ4v) is 5.74. The predicted octanol–water partition coefficient (Wildman–Crippen LogP) is 15.1. The topological polar surface area (TPSA) is 9.23 Å². The van der Waals surface area contributed by atoms with Gasteiger partial charge in [-0.1, -0.05) is 72.8 Å². The summed E-state index contributed by atoms with van der Waals surface area (Å²) in [5, 5.41) is 0. The van der Waals surface area contributed by atoms with Gasteiger partial charge in [-0.25, -0.2) is 0 Å². The van der Waals surface area contributed by atoms with Crippen LogP contribution in [0.1, 0.15) is 89.0 Å². The van der Waals surface area contributed by atoms with Crippen molar-refractivity contribution in [2.24, 2.45) is 0 Å². The SMILES string of the molecule is Cc1cc(C)c(C)cc1C.Cc1cc(C)c(C)cc1C.Cc1ccc(-c2ccc(C)c(C)c2)cc1C.Cc1ccc(Oc2ccc(C)c(C)c2)cc1C. The lowest BCUT2D eigenvalue weighted by molar-refractivity contribution is 0.481. The Balaban J connectivity index is 0.000000196. The molecule has 0 aliphatic carbocycles. The van der Waals surface area contributed by atoms with E-state index in [9.17, 15) is 0 Å². The van der Waals surface area contributed by atoms with Crippen molar-refractivity contribution in [1.29, 1.82) is 0 Å². The zero-order valence-corrected chi connectivity index (χ0v) is 35.6. The van der Waals surface area contributed by atoms with Crippen LogP contribution in [0, 0.1) is 111 Å². The highest BCUT2D eigenvalue weighted by Gasteiger charge is 2.03. The summed E-state index contributed by atoms with van der Waals surface area (Å²) >= 11 is 0. The monoisotopic (exact) mass is 704 g/mol. The lowest BCUT2D eigenvalue weighted by Crippen LogP contribution is -1.88. The number of aryl methyl sites for hydroxylation is 16. The molecule has 0 spiro atoms. The van der Waals surface area contributed by atoms with Crippen LogP contribution < -0.4 is 4.74 Å². The number of hydrogen-bond acceptors (Lipinski definition) is 1. The van der Waals surface area contributed by atoms with Crippen LogP contribution in [0.2, 0.25) is 0 Å². The first-order valence-corrected chi connectivity index (χ1v) is 18.9. The molecule has 0 saturated heterocycles. The van der Waals surface area contributed by atoms with Gasteiger partial charge in [-0.3, -0.25) is 0 Å². The fourth-order valence-electron chi connectivity index (χ4n) is 5.74. The van der Waals surface area contributed by atoms with Gasteiger partial charge in [-0.2, -0.15) is 0 Å². The predicted molar refractivity (Wildman–Crippen MR) is 234 cm³/mol. The van der Waals surface area contributed by atoms with Gasteiger partial charge >= 0.3 is 0 Å². The molecule has 0 saturated carbocycles. The first-order chi connectivity index (χ1) is 24.9. The van der Waals surface area contributed by atoms with E-state index in [0.29, 0.717) is 0 Å². The highest BCUT2D eigenvalue weighted by atomic mass is 16.5. The molecule has 0 fully saturated rings. The zero-order valence-electron chi connectivity index (χ0n) is 35.6. The summed E-state index contributed by atoms with van der Waals surface area (Å²) in [6.07, 6.45) is 0. The number of ether oxygens (including phenoxy) is 1. The van der Waals surface area contributed by atoms with Crippen LogP contribution in [0.3, 0.4) is 0 Å². The fraction of sp³-hybridized carbons (Fsp3) is 0.308. The molecular weight excluding hydrogens is 641 g/mol.